The highest BCUT2D eigenvalue weighted by Crippen LogP contribution is 2.24. The molecule has 0 unspecified atom stereocenters. The number of rotatable bonds is 5. The van der Waals surface area contributed by atoms with Crippen LogP contribution in [0.25, 0.3) is 17.0 Å². The molecular weight excluding hydrogens is 632 g/mol. The third-order valence-electron chi connectivity index (χ3n) is 5.44. The molecule has 18 heteroatoms. The van der Waals surface area contributed by atoms with Crippen molar-refractivity contribution >= 4 is 63.6 Å². The number of alkyl halides is 6. The van der Waals surface area contributed by atoms with E-state index in [4.69, 9.17) is 37.1 Å². The van der Waals surface area contributed by atoms with Crippen LogP contribution in [0.1, 0.15) is 17.4 Å². The molecule has 0 saturated carbocycles. The smallest absolute Gasteiger partial charge is 0.475 e. The molecule has 3 heterocycles. The SMILES string of the molecule is C/C(=C\c1ccc(Cl)s1)CN1CCN(Cc2ccc3c(N)ncnc3c2)C(=O)C1.O=C(O)C(F)(F)F.O=C(O)C(F)(F)F. The van der Waals surface area contributed by atoms with E-state index in [0.717, 1.165) is 38.8 Å². The number of amides is 1. The first-order valence-corrected chi connectivity index (χ1v) is 13.1. The van der Waals surface area contributed by atoms with E-state index >= 15 is 0 Å². The number of hydrogen-bond acceptors (Lipinski definition) is 8. The van der Waals surface area contributed by atoms with Crippen molar-refractivity contribution in [2.24, 2.45) is 0 Å². The number of hydrogen-bond donors (Lipinski definition) is 3. The first kappa shape index (κ1) is 35.2. The summed E-state index contributed by atoms with van der Waals surface area (Å²) in [5, 5.41) is 15.1. The third kappa shape index (κ3) is 11.7. The Morgan fingerprint density at radius 3 is 2.16 bits per heavy atom. The van der Waals surface area contributed by atoms with Gasteiger partial charge >= 0.3 is 24.3 Å². The molecule has 0 bridgehead atoms. The van der Waals surface area contributed by atoms with Gasteiger partial charge in [0.15, 0.2) is 0 Å². The number of thiophene rings is 1. The van der Waals surface area contributed by atoms with E-state index in [1.807, 2.05) is 35.2 Å². The maximum atomic E-state index is 12.7. The van der Waals surface area contributed by atoms with Crippen LogP contribution < -0.4 is 5.73 Å². The summed E-state index contributed by atoms with van der Waals surface area (Å²) in [6, 6.07) is 9.81. The molecule has 1 aromatic carbocycles. The van der Waals surface area contributed by atoms with E-state index in [1.54, 1.807) is 11.3 Å². The van der Waals surface area contributed by atoms with Crippen LogP contribution in [0, 0.1) is 0 Å². The minimum Gasteiger partial charge on any atom is -0.475 e. The number of halogens is 7. The average Bonchev–Trinajstić information content (AvgIpc) is 3.29. The van der Waals surface area contributed by atoms with E-state index < -0.39 is 24.3 Å². The Morgan fingerprint density at radius 2 is 1.65 bits per heavy atom. The molecule has 0 aliphatic carbocycles. The van der Waals surface area contributed by atoms with E-state index in [2.05, 4.69) is 27.9 Å². The van der Waals surface area contributed by atoms with Crippen molar-refractivity contribution in [2.45, 2.75) is 25.8 Å². The zero-order chi connectivity index (χ0) is 32.5. The Kier molecular flexibility index (Phi) is 12.3. The standard InChI is InChI=1S/C21H22ClN5OS.2C2HF3O2/c1-14(8-16-3-5-19(22)29-16)10-26-6-7-27(20(28)12-26)11-15-2-4-17-18(9-15)24-13-25-21(17)23;2*3-2(4,5)1(6)7/h2-5,8-9,13H,6-7,10-12H2,1H3,(H2,23,24,25);2*(H,6,7)/b14-8+;;. The van der Waals surface area contributed by atoms with Crippen LogP contribution >= 0.6 is 22.9 Å². The van der Waals surface area contributed by atoms with Crippen molar-refractivity contribution in [1.82, 2.24) is 19.8 Å². The molecule has 10 nitrogen and oxygen atoms in total. The second-order valence-electron chi connectivity index (χ2n) is 8.87. The number of aromatic nitrogens is 2. The van der Waals surface area contributed by atoms with Crippen LogP contribution in [0.3, 0.4) is 0 Å². The van der Waals surface area contributed by atoms with Crippen LogP contribution in [0.2, 0.25) is 4.34 Å². The van der Waals surface area contributed by atoms with Gasteiger partial charge in [-0.05, 0) is 42.8 Å². The molecule has 1 aliphatic rings. The van der Waals surface area contributed by atoms with Gasteiger partial charge in [-0.25, -0.2) is 19.6 Å². The fraction of sp³-hybridized carbons (Fsp3) is 0.320. The molecular formula is C25H24ClF6N5O5S. The Morgan fingerprint density at radius 1 is 1.05 bits per heavy atom. The van der Waals surface area contributed by atoms with Gasteiger partial charge in [0.25, 0.3) is 0 Å². The van der Waals surface area contributed by atoms with Gasteiger partial charge in [-0.15, -0.1) is 11.3 Å². The topological polar surface area (TPSA) is 150 Å². The lowest BCUT2D eigenvalue weighted by molar-refractivity contribution is -0.193. The van der Waals surface area contributed by atoms with Crippen LogP contribution in [0.15, 0.2) is 42.2 Å². The van der Waals surface area contributed by atoms with Crippen molar-refractivity contribution in [1.29, 1.82) is 0 Å². The lowest BCUT2D eigenvalue weighted by Crippen LogP contribution is -2.50. The van der Waals surface area contributed by atoms with Crippen LogP contribution in [-0.2, 0) is 20.9 Å². The second-order valence-corrected chi connectivity index (χ2v) is 10.6. The lowest BCUT2D eigenvalue weighted by atomic mass is 10.1. The summed E-state index contributed by atoms with van der Waals surface area (Å²) in [6.07, 6.45) is -6.57. The predicted octanol–water partition coefficient (Wildman–Crippen LogP) is 4.94. The molecule has 4 rings (SSSR count). The van der Waals surface area contributed by atoms with Crippen molar-refractivity contribution in [2.75, 3.05) is 31.9 Å². The monoisotopic (exact) mass is 655 g/mol. The van der Waals surface area contributed by atoms with Crippen LogP contribution in [-0.4, -0.2) is 86.4 Å². The van der Waals surface area contributed by atoms with Gasteiger partial charge < -0.3 is 20.8 Å². The van der Waals surface area contributed by atoms with Gasteiger partial charge in [0.2, 0.25) is 5.91 Å². The Labute approximate surface area is 249 Å². The van der Waals surface area contributed by atoms with Crippen molar-refractivity contribution in [3.63, 3.8) is 0 Å². The third-order valence-corrected chi connectivity index (χ3v) is 6.62. The fourth-order valence-corrected chi connectivity index (χ4v) is 4.64. The van der Waals surface area contributed by atoms with Gasteiger partial charge in [0, 0.05) is 36.4 Å². The highest BCUT2D eigenvalue weighted by Gasteiger charge is 2.38. The number of aliphatic carboxylic acids is 2. The van der Waals surface area contributed by atoms with Gasteiger partial charge in [-0.2, -0.15) is 26.3 Å². The fourth-order valence-electron chi connectivity index (χ4n) is 3.55. The molecule has 3 aromatic rings. The second kappa shape index (κ2) is 15.0. The number of nitrogens with zero attached hydrogens (tertiary/aromatic N) is 4. The van der Waals surface area contributed by atoms with Gasteiger partial charge in [-0.1, -0.05) is 23.2 Å². The highest BCUT2D eigenvalue weighted by molar-refractivity contribution is 7.17. The number of carboxylic acids is 2. The quantitative estimate of drug-likeness (QED) is 0.325. The molecule has 1 saturated heterocycles. The summed E-state index contributed by atoms with van der Waals surface area (Å²) >= 11 is 7.55. The maximum Gasteiger partial charge on any atom is 0.490 e. The van der Waals surface area contributed by atoms with Crippen molar-refractivity contribution < 1.29 is 50.9 Å². The van der Waals surface area contributed by atoms with Crippen LogP contribution in [0.5, 0.6) is 0 Å². The summed E-state index contributed by atoms with van der Waals surface area (Å²) in [4.78, 5) is 44.0. The zero-order valence-corrected chi connectivity index (χ0v) is 23.7. The Hall–Kier alpha value is -3.96. The van der Waals surface area contributed by atoms with Gasteiger partial charge in [-0.3, -0.25) is 9.69 Å². The molecule has 234 valence electrons. The van der Waals surface area contributed by atoms with E-state index in [-0.39, 0.29) is 5.91 Å². The van der Waals surface area contributed by atoms with E-state index in [9.17, 15) is 31.1 Å². The molecule has 4 N–H and O–H groups in total. The van der Waals surface area contributed by atoms with Gasteiger partial charge in [0.05, 0.1) is 16.4 Å². The molecule has 1 aliphatic heterocycles. The molecule has 0 atom stereocenters. The highest BCUT2D eigenvalue weighted by atomic mass is 35.5. The van der Waals surface area contributed by atoms with Crippen LogP contribution in [0.4, 0.5) is 32.2 Å². The minimum atomic E-state index is -5.08. The number of anilines is 1. The Bertz CT molecular complexity index is 1460. The number of benzene rings is 1. The normalized spacial score (nSPS) is 14.5. The van der Waals surface area contributed by atoms with E-state index in [0.29, 0.717) is 25.5 Å². The number of carbonyl (C=O) groups excluding carboxylic acids is 1. The number of carboxylic acid groups (broad SMARTS) is 2. The molecule has 1 fully saturated rings. The molecule has 1 amide bonds. The summed E-state index contributed by atoms with van der Waals surface area (Å²) in [5.74, 6) is -4.90. The largest absolute Gasteiger partial charge is 0.490 e. The molecule has 2 aromatic heterocycles. The number of nitrogens with two attached hydrogens (primary N) is 1. The van der Waals surface area contributed by atoms with Crippen molar-refractivity contribution in [3.8, 4) is 0 Å². The number of fused-ring (bicyclic) bond motifs is 1. The zero-order valence-electron chi connectivity index (χ0n) is 22.1. The summed E-state index contributed by atoms with van der Waals surface area (Å²) in [6.45, 7) is 5.44. The van der Waals surface area contributed by atoms with E-state index in [1.165, 1.54) is 11.9 Å². The molecule has 0 radical (unpaired) electrons. The maximum absolute atomic E-state index is 12.7. The Balaban J connectivity index is 0.000000384. The lowest BCUT2D eigenvalue weighted by Gasteiger charge is -2.34. The minimum absolute atomic E-state index is 0.144. The average molecular weight is 656 g/mol. The summed E-state index contributed by atoms with van der Waals surface area (Å²) in [7, 11) is 0. The first-order chi connectivity index (χ1) is 19.9. The van der Waals surface area contributed by atoms with Crippen molar-refractivity contribution in [3.05, 3.63) is 57.0 Å². The molecule has 0 spiro atoms. The van der Waals surface area contributed by atoms with Gasteiger partial charge in [0.1, 0.15) is 12.1 Å². The first-order valence-electron chi connectivity index (χ1n) is 11.9. The predicted molar refractivity (Wildman–Crippen MR) is 146 cm³/mol. The number of carbonyl (C=O) groups is 3. The number of piperazine rings is 1. The summed E-state index contributed by atoms with van der Waals surface area (Å²) in [5.41, 5.74) is 8.95. The summed E-state index contributed by atoms with van der Waals surface area (Å²) < 4.78 is 64.3. The number of nitrogen functional groups attached to an aromatic ring is 1. The molecule has 43 heavy (non-hydrogen) atoms.